The van der Waals surface area contributed by atoms with Crippen molar-refractivity contribution in [2.75, 3.05) is 7.11 Å². The number of methoxy groups -OCH3 is 1. The molecule has 3 aromatic carbocycles. The normalized spacial score (nSPS) is 10.8. The third-order valence-electron chi connectivity index (χ3n) is 4.59. The van der Waals surface area contributed by atoms with Gasteiger partial charge in [0, 0.05) is 17.9 Å². The van der Waals surface area contributed by atoms with Crippen molar-refractivity contribution < 1.29 is 9.66 Å². The summed E-state index contributed by atoms with van der Waals surface area (Å²) < 4.78 is 6.69. The highest BCUT2D eigenvalue weighted by atomic mass is 32.2. The van der Waals surface area contributed by atoms with Crippen LogP contribution in [-0.4, -0.2) is 21.6 Å². The van der Waals surface area contributed by atoms with Gasteiger partial charge in [-0.1, -0.05) is 36.0 Å². The van der Waals surface area contributed by atoms with Crippen molar-refractivity contribution >= 4 is 28.4 Å². The molecule has 4 rings (SSSR count). The van der Waals surface area contributed by atoms with E-state index in [2.05, 4.69) is 4.98 Å². The third-order valence-corrected chi connectivity index (χ3v) is 5.60. The second-order valence-electron chi connectivity index (χ2n) is 6.46. The highest BCUT2D eigenvalue weighted by molar-refractivity contribution is 7.98. The number of nitrogens with zero attached hydrogens (tertiary/aromatic N) is 3. The van der Waals surface area contributed by atoms with Crippen molar-refractivity contribution in [3.05, 3.63) is 98.8 Å². The second kappa shape index (κ2) is 8.38. The molecule has 7 nitrogen and oxygen atoms in total. The van der Waals surface area contributed by atoms with Crippen LogP contribution in [0.1, 0.15) is 5.56 Å². The van der Waals surface area contributed by atoms with Crippen molar-refractivity contribution in [3.63, 3.8) is 0 Å². The molecule has 0 saturated heterocycles. The summed E-state index contributed by atoms with van der Waals surface area (Å²) in [4.78, 5) is 28.4. The van der Waals surface area contributed by atoms with Gasteiger partial charge in [0.15, 0.2) is 5.16 Å². The Morgan fingerprint density at radius 3 is 2.40 bits per heavy atom. The van der Waals surface area contributed by atoms with Crippen LogP contribution in [0.4, 0.5) is 5.69 Å². The van der Waals surface area contributed by atoms with Crippen molar-refractivity contribution in [1.29, 1.82) is 0 Å². The Labute approximate surface area is 176 Å². The number of ether oxygens (including phenoxy) is 1. The number of hydrogen-bond acceptors (Lipinski definition) is 6. The average molecular weight is 419 g/mol. The molecule has 0 bridgehead atoms. The van der Waals surface area contributed by atoms with Crippen LogP contribution < -0.4 is 10.3 Å². The van der Waals surface area contributed by atoms with Gasteiger partial charge in [0.25, 0.3) is 11.2 Å². The molecule has 0 amide bonds. The number of non-ortho nitro benzene ring substituents is 1. The van der Waals surface area contributed by atoms with E-state index in [1.807, 2.05) is 30.3 Å². The van der Waals surface area contributed by atoms with Gasteiger partial charge in [-0.25, -0.2) is 4.98 Å². The minimum Gasteiger partial charge on any atom is -0.497 e. The highest BCUT2D eigenvalue weighted by Gasteiger charge is 2.15. The number of para-hydroxylation sites is 1. The molecule has 0 aliphatic heterocycles. The van der Waals surface area contributed by atoms with Crippen LogP contribution in [0.5, 0.6) is 5.75 Å². The molecule has 0 atom stereocenters. The largest absolute Gasteiger partial charge is 0.497 e. The lowest BCUT2D eigenvalue weighted by Crippen LogP contribution is -2.21. The Balaban J connectivity index is 1.77. The third kappa shape index (κ3) is 3.90. The Kier molecular flexibility index (Phi) is 5.49. The lowest BCUT2D eigenvalue weighted by Gasteiger charge is -2.13. The molecule has 30 heavy (non-hydrogen) atoms. The molecule has 4 aromatic rings. The predicted octanol–water partition coefficient (Wildman–Crippen LogP) is 4.59. The molecule has 0 unspecified atom stereocenters. The van der Waals surface area contributed by atoms with Crippen LogP contribution in [0.3, 0.4) is 0 Å². The summed E-state index contributed by atoms with van der Waals surface area (Å²) in [6.07, 6.45) is 0. The molecule has 0 saturated carbocycles. The van der Waals surface area contributed by atoms with Crippen LogP contribution in [-0.2, 0) is 5.75 Å². The van der Waals surface area contributed by atoms with Gasteiger partial charge in [0.05, 0.1) is 28.6 Å². The van der Waals surface area contributed by atoms with Crippen molar-refractivity contribution in [3.8, 4) is 11.4 Å². The van der Waals surface area contributed by atoms with Crippen LogP contribution in [0.2, 0.25) is 0 Å². The first-order valence-corrected chi connectivity index (χ1v) is 10.1. The van der Waals surface area contributed by atoms with Gasteiger partial charge in [-0.05, 0) is 42.0 Å². The van der Waals surface area contributed by atoms with E-state index in [4.69, 9.17) is 4.74 Å². The van der Waals surface area contributed by atoms with Gasteiger partial charge in [0.2, 0.25) is 0 Å². The fraction of sp³-hybridized carbons (Fsp3) is 0.0909. The predicted molar refractivity (Wildman–Crippen MR) is 117 cm³/mol. The van der Waals surface area contributed by atoms with Crippen LogP contribution in [0, 0.1) is 10.1 Å². The number of aromatic nitrogens is 2. The number of fused-ring (bicyclic) bond motifs is 1. The van der Waals surface area contributed by atoms with Gasteiger partial charge >= 0.3 is 0 Å². The van der Waals surface area contributed by atoms with E-state index in [1.165, 1.54) is 28.5 Å². The van der Waals surface area contributed by atoms with E-state index in [0.29, 0.717) is 27.5 Å². The molecule has 0 fully saturated rings. The number of rotatable bonds is 6. The summed E-state index contributed by atoms with van der Waals surface area (Å²) >= 11 is 1.43. The molecule has 0 aliphatic carbocycles. The van der Waals surface area contributed by atoms with Crippen LogP contribution >= 0.6 is 11.8 Å². The van der Waals surface area contributed by atoms with Crippen molar-refractivity contribution in [1.82, 2.24) is 9.55 Å². The summed E-state index contributed by atoms with van der Waals surface area (Å²) in [5, 5.41) is 12.0. The lowest BCUT2D eigenvalue weighted by atomic mass is 10.2. The molecule has 1 heterocycles. The Bertz CT molecular complexity index is 1270. The number of nitro benzene ring substituents is 1. The minimum absolute atomic E-state index is 0.0343. The van der Waals surface area contributed by atoms with E-state index < -0.39 is 4.92 Å². The SMILES string of the molecule is COc1ccc(CSc2nc3ccccc3c(=O)n2-c2ccc([N+](=O)[O-])cc2)cc1. The Hall–Kier alpha value is -3.65. The number of benzene rings is 3. The van der Waals surface area contributed by atoms with Gasteiger partial charge < -0.3 is 4.74 Å². The topological polar surface area (TPSA) is 87.3 Å². The summed E-state index contributed by atoms with van der Waals surface area (Å²) in [6.45, 7) is 0. The molecule has 0 N–H and O–H groups in total. The quantitative estimate of drug-likeness (QED) is 0.197. The number of thioether (sulfide) groups is 1. The summed E-state index contributed by atoms with van der Waals surface area (Å²) in [6, 6.07) is 20.7. The zero-order chi connectivity index (χ0) is 21.1. The van der Waals surface area contributed by atoms with E-state index >= 15 is 0 Å². The van der Waals surface area contributed by atoms with Crippen molar-refractivity contribution in [2.45, 2.75) is 10.9 Å². The molecule has 0 radical (unpaired) electrons. The van der Waals surface area contributed by atoms with Crippen molar-refractivity contribution in [2.24, 2.45) is 0 Å². The van der Waals surface area contributed by atoms with Crippen LogP contribution in [0.25, 0.3) is 16.6 Å². The van der Waals surface area contributed by atoms with E-state index in [-0.39, 0.29) is 11.2 Å². The van der Waals surface area contributed by atoms with E-state index in [0.717, 1.165) is 11.3 Å². The monoisotopic (exact) mass is 419 g/mol. The first kappa shape index (κ1) is 19.7. The maximum atomic E-state index is 13.2. The smallest absolute Gasteiger partial charge is 0.269 e. The summed E-state index contributed by atoms with van der Waals surface area (Å²) in [7, 11) is 1.62. The second-order valence-corrected chi connectivity index (χ2v) is 7.40. The van der Waals surface area contributed by atoms with Gasteiger partial charge in [-0.3, -0.25) is 19.5 Å². The zero-order valence-electron chi connectivity index (χ0n) is 16.0. The fourth-order valence-electron chi connectivity index (χ4n) is 3.03. The first-order chi connectivity index (χ1) is 14.6. The Morgan fingerprint density at radius 2 is 1.73 bits per heavy atom. The maximum absolute atomic E-state index is 13.2. The average Bonchev–Trinajstić information content (AvgIpc) is 2.78. The maximum Gasteiger partial charge on any atom is 0.269 e. The molecule has 0 aliphatic rings. The Morgan fingerprint density at radius 1 is 1.03 bits per heavy atom. The minimum atomic E-state index is -0.468. The lowest BCUT2D eigenvalue weighted by molar-refractivity contribution is -0.384. The molecule has 1 aromatic heterocycles. The van der Waals surface area contributed by atoms with Crippen LogP contribution in [0.15, 0.2) is 82.7 Å². The number of nitro groups is 1. The van der Waals surface area contributed by atoms with E-state index in [9.17, 15) is 14.9 Å². The van der Waals surface area contributed by atoms with Gasteiger partial charge in [0.1, 0.15) is 5.75 Å². The standard InChI is InChI=1S/C22H17N3O4S/c1-29-18-12-6-15(7-13-18)14-30-22-23-20-5-3-2-4-19(20)21(26)24(22)16-8-10-17(11-9-16)25(27)28/h2-13H,14H2,1H3. The molecule has 150 valence electrons. The number of hydrogen-bond donors (Lipinski definition) is 0. The fourth-order valence-corrected chi connectivity index (χ4v) is 4.00. The molecular formula is C22H17N3O4S. The summed E-state index contributed by atoms with van der Waals surface area (Å²) in [5.74, 6) is 1.37. The molecular weight excluding hydrogens is 402 g/mol. The first-order valence-electron chi connectivity index (χ1n) is 9.09. The van der Waals surface area contributed by atoms with E-state index in [1.54, 1.807) is 37.4 Å². The van der Waals surface area contributed by atoms with Gasteiger partial charge in [-0.15, -0.1) is 0 Å². The molecule has 8 heteroatoms. The highest BCUT2D eigenvalue weighted by Crippen LogP contribution is 2.26. The molecule has 0 spiro atoms. The summed E-state index contributed by atoms with van der Waals surface area (Å²) in [5.41, 5.74) is 1.94. The van der Waals surface area contributed by atoms with Gasteiger partial charge in [-0.2, -0.15) is 0 Å². The zero-order valence-corrected chi connectivity index (χ0v) is 16.8.